The quantitative estimate of drug-likeness (QED) is 0.255. The molecular weight excluding hydrogens is 452 g/mol. The van der Waals surface area contributed by atoms with Crippen LogP contribution in [0.15, 0.2) is 72.6 Å². The average molecular weight is 485 g/mol. The minimum absolute atomic E-state index is 0.0899. The monoisotopic (exact) mass is 484 g/mol. The number of ether oxygens (including phenoxy) is 1. The predicted octanol–water partition coefficient (Wildman–Crippen LogP) is 5.61. The van der Waals surface area contributed by atoms with Gasteiger partial charge in [-0.05, 0) is 65.8 Å². The Bertz CT molecular complexity index is 1280. The number of ketones is 1. The van der Waals surface area contributed by atoms with Gasteiger partial charge in [-0.3, -0.25) is 14.6 Å². The Hall–Kier alpha value is -3.93. The lowest BCUT2D eigenvalue weighted by atomic mass is 9.93. The van der Waals surface area contributed by atoms with Crippen LogP contribution in [0.2, 0.25) is 0 Å². The van der Waals surface area contributed by atoms with Gasteiger partial charge in [0, 0.05) is 24.5 Å². The van der Waals surface area contributed by atoms with Crippen molar-refractivity contribution < 1.29 is 19.4 Å². The number of hydrogen-bond donors (Lipinski definition) is 1. The van der Waals surface area contributed by atoms with Crippen molar-refractivity contribution in [2.75, 3.05) is 6.61 Å². The molecular formula is C30H32N2O4. The molecule has 0 bridgehead atoms. The van der Waals surface area contributed by atoms with Crippen molar-refractivity contribution in [3.63, 3.8) is 0 Å². The first kappa shape index (κ1) is 25.2. The molecule has 1 atom stereocenters. The van der Waals surface area contributed by atoms with Gasteiger partial charge in [0.05, 0.1) is 18.2 Å². The maximum absolute atomic E-state index is 13.3. The average Bonchev–Trinajstić information content (AvgIpc) is 3.12. The topological polar surface area (TPSA) is 79.7 Å². The highest BCUT2D eigenvalue weighted by molar-refractivity contribution is 6.46. The second-order valence-electron chi connectivity index (χ2n) is 9.56. The molecule has 186 valence electrons. The molecule has 36 heavy (non-hydrogen) atoms. The normalized spacial score (nSPS) is 17.1. The fraction of sp³-hybridized carbons (Fsp3) is 0.300. The summed E-state index contributed by atoms with van der Waals surface area (Å²) in [5.74, 6) is -0.436. The van der Waals surface area contributed by atoms with E-state index in [2.05, 4.69) is 25.8 Å². The second-order valence-corrected chi connectivity index (χ2v) is 9.56. The molecule has 1 fully saturated rings. The van der Waals surface area contributed by atoms with Crippen molar-refractivity contribution >= 4 is 17.4 Å². The minimum Gasteiger partial charge on any atom is -0.507 e. The molecule has 1 aliphatic rings. The summed E-state index contributed by atoms with van der Waals surface area (Å²) in [6.07, 6.45) is 4.22. The first-order valence-electron chi connectivity index (χ1n) is 12.3. The summed E-state index contributed by atoms with van der Waals surface area (Å²) < 4.78 is 5.81. The maximum atomic E-state index is 13.3. The number of carbonyl (C=O) groups is 2. The van der Waals surface area contributed by atoms with E-state index in [0.29, 0.717) is 23.8 Å². The summed E-state index contributed by atoms with van der Waals surface area (Å²) in [7, 11) is 0. The number of aryl methyl sites for hydroxylation is 2. The van der Waals surface area contributed by atoms with Crippen LogP contribution < -0.4 is 4.74 Å². The van der Waals surface area contributed by atoms with Gasteiger partial charge < -0.3 is 14.7 Å². The summed E-state index contributed by atoms with van der Waals surface area (Å²) in [5.41, 5.74) is 4.07. The predicted molar refractivity (Wildman–Crippen MR) is 139 cm³/mol. The standard InChI is InChI=1S/C30H32N2O4/c1-5-21-8-10-23(11-9-21)27-26(29(34)30(35)32(27)17-22-7-6-14-31-16-22)28(33)25-13-12-24(15-20(25)4)36-18-19(2)3/h6-16,19,27,33H,5,17-18H2,1-4H3/t27-/m1/s1. The van der Waals surface area contributed by atoms with Gasteiger partial charge in [0.25, 0.3) is 11.7 Å². The van der Waals surface area contributed by atoms with E-state index in [-0.39, 0.29) is 17.9 Å². The van der Waals surface area contributed by atoms with Crippen molar-refractivity contribution in [3.05, 3.63) is 100 Å². The molecule has 0 unspecified atom stereocenters. The number of likely N-dealkylation sites (tertiary alicyclic amines) is 1. The summed E-state index contributed by atoms with van der Waals surface area (Å²) in [6.45, 7) is 8.86. The van der Waals surface area contributed by atoms with Crippen molar-refractivity contribution in [2.45, 2.75) is 46.7 Å². The number of amides is 1. The Labute approximate surface area is 212 Å². The van der Waals surface area contributed by atoms with Crippen molar-refractivity contribution in [1.29, 1.82) is 0 Å². The van der Waals surface area contributed by atoms with Crippen LogP contribution in [0.5, 0.6) is 5.75 Å². The maximum Gasteiger partial charge on any atom is 0.295 e. The molecule has 0 aliphatic carbocycles. The molecule has 1 saturated heterocycles. The molecule has 2 aromatic carbocycles. The lowest BCUT2D eigenvalue weighted by Gasteiger charge is -2.25. The third kappa shape index (κ3) is 5.18. The third-order valence-electron chi connectivity index (χ3n) is 6.36. The number of Topliss-reactive ketones (excluding diaryl/α,β-unsaturated/α-hetero) is 1. The van der Waals surface area contributed by atoms with Crippen LogP contribution >= 0.6 is 0 Å². The van der Waals surface area contributed by atoms with E-state index in [1.165, 1.54) is 4.90 Å². The van der Waals surface area contributed by atoms with Gasteiger partial charge in [-0.2, -0.15) is 0 Å². The molecule has 1 aliphatic heterocycles. The Morgan fingerprint density at radius 3 is 2.44 bits per heavy atom. The Morgan fingerprint density at radius 1 is 1.08 bits per heavy atom. The highest BCUT2D eigenvalue weighted by Gasteiger charge is 2.46. The van der Waals surface area contributed by atoms with Gasteiger partial charge in [-0.25, -0.2) is 0 Å². The number of aliphatic hydroxyl groups is 1. The molecule has 3 aromatic rings. The highest BCUT2D eigenvalue weighted by atomic mass is 16.5. The summed E-state index contributed by atoms with van der Waals surface area (Å²) in [4.78, 5) is 32.2. The molecule has 1 aromatic heterocycles. The van der Waals surface area contributed by atoms with Gasteiger partial charge in [-0.15, -0.1) is 0 Å². The highest BCUT2D eigenvalue weighted by Crippen LogP contribution is 2.41. The van der Waals surface area contributed by atoms with Gasteiger partial charge in [-0.1, -0.05) is 51.1 Å². The van der Waals surface area contributed by atoms with E-state index in [1.807, 2.05) is 43.3 Å². The second kappa shape index (κ2) is 10.8. The Balaban J connectivity index is 1.79. The van der Waals surface area contributed by atoms with Gasteiger partial charge >= 0.3 is 0 Å². The molecule has 6 heteroatoms. The van der Waals surface area contributed by atoms with Gasteiger partial charge in [0.1, 0.15) is 11.5 Å². The number of aliphatic hydroxyl groups excluding tert-OH is 1. The van der Waals surface area contributed by atoms with Crippen LogP contribution in [-0.4, -0.2) is 33.3 Å². The van der Waals surface area contributed by atoms with E-state index in [4.69, 9.17) is 4.74 Å². The lowest BCUT2D eigenvalue weighted by molar-refractivity contribution is -0.140. The van der Waals surface area contributed by atoms with Crippen LogP contribution in [0, 0.1) is 12.8 Å². The van der Waals surface area contributed by atoms with Crippen LogP contribution in [0.25, 0.3) is 5.76 Å². The van der Waals surface area contributed by atoms with Crippen LogP contribution in [0.3, 0.4) is 0 Å². The molecule has 0 spiro atoms. The number of benzene rings is 2. The SMILES string of the molecule is CCc1ccc([C@@H]2C(=C(O)c3ccc(OCC(C)C)cc3C)C(=O)C(=O)N2Cc2cccnc2)cc1. The molecule has 6 nitrogen and oxygen atoms in total. The third-order valence-corrected chi connectivity index (χ3v) is 6.36. The smallest absolute Gasteiger partial charge is 0.295 e. The van der Waals surface area contributed by atoms with Gasteiger partial charge in [0.15, 0.2) is 0 Å². The number of aromatic nitrogens is 1. The summed E-state index contributed by atoms with van der Waals surface area (Å²) in [6, 6.07) is 16.1. The Morgan fingerprint density at radius 2 is 1.83 bits per heavy atom. The van der Waals surface area contributed by atoms with E-state index >= 15 is 0 Å². The molecule has 4 rings (SSSR count). The zero-order valence-corrected chi connectivity index (χ0v) is 21.2. The van der Waals surface area contributed by atoms with Crippen LogP contribution in [0.1, 0.15) is 54.6 Å². The number of carbonyl (C=O) groups excluding carboxylic acids is 2. The molecule has 1 N–H and O–H groups in total. The zero-order valence-electron chi connectivity index (χ0n) is 21.2. The molecule has 2 heterocycles. The van der Waals surface area contributed by atoms with Gasteiger partial charge in [0.2, 0.25) is 0 Å². The Kier molecular flexibility index (Phi) is 7.53. The largest absolute Gasteiger partial charge is 0.507 e. The van der Waals surface area contributed by atoms with E-state index in [9.17, 15) is 14.7 Å². The van der Waals surface area contributed by atoms with E-state index in [0.717, 1.165) is 28.7 Å². The zero-order chi connectivity index (χ0) is 25.8. The van der Waals surface area contributed by atoms with Crippen molar-refractivity contribution in [1.82, 2.24) is 9.88 Å². The number of rotatable bonds is 8. The summed E-state index contributed by atoms with van der Waals surface area (Å²) in [5, 5.41) is 11.4. The van der Waals surface area contributed by atoms with E-state index in [1.54, 1.807) is 30.6 Å². The first-order valence-corrected chi connectivity index (χ1v) is 12.3. The molecule has 1 amide bonds. The first-order chi connectivity index (χ1) is 17.3. The molecule has 0 saturated carbocycles. The molecule has 0 radical (unpaired) electrons. The van der Waals surface area contributed by atoms with E-state index < -0.39 is 17.7 Å². The summed E-state index contributed by atoms with van der Waals surface area (Å²) >= 11 is 0. The van der Waals surface area contributed by atoms with Crippen LogP contribution in [0.4, 0.5) is 0 Å². The van der Waals surface area contributed by atoms with Crippen molar-refractivity contribution in [2.24, 2.45) is 5.92 Å². The fourth-order valence-electron chi connectivity index (χ4n) is 4.41. The number of pyridine rings is 1. The lowest BCUT2D eigenvalue weighted by Crippen LogP contribution is -2.29. The minimum atomic E-state index is -0.715. The van der Waals surface area contributed by atoms with Crippen LogP contribution in [-0.2, 0) is 22.6 Å². The number of nitrogens with zero attached hydrogens (tertiary/aromatic N) is 2. The number of hydrogen-bond acceptors (Lipinski definition) is 5. The van der Waals surface area contributed by atoms with Crippen molar-refractivity contribution in [3.8, 4) is 5.75 Å². The fourth-order valence-corrected chi connectivity index (χ4v) is 4.41.